The van der Waals surface area contributed by atoms with Crippen LogP contribution in [-0.4, -0.2) is 25.0 Å². The van der Waals surface area contributed by atoms with Crippen LogP contribution < -0.4 is 15.0 Å². The molecule has 1 heterocycles. The fourth-order valence-electron chi connectivity index (χ4n) is 4.13. The van der Waals surface area contributed by atoms with E-state index >= 15 is 0 Å². The zero-order valence-electron chi connectivity index (χ0n) is 17.8. The van der Waals surface area contributed by atoms with Crippen molar-refractivity contribution in [3.8, 4) is 5.75 Å². The number of methoxy groups -OCH3 is 1. The molecule has 1 aliphatic carbocycles. The third-order valence-corrected chi connectivity index (χ3v) is 5.94. The van der Waals surface area contributed by atoms with E-state index in [-0.39, 0.29) is 17.7 Å². The number of nitrogens with one attached hydrogen (secondary N) is 1. The largest absolute Gasteiger partial charge is 0.495 e. The maximum Gasteiger partial charge on any atom is 0.295 e. The molecule has 6 nitrogen and oxygen atoms in total. The van der Waals surface area contributed by atoms with Crippen molar-refractivity contribution < 1.29 is 18.7 Å². The summed E-state index contributed by atoms with van der Waals surface area (Å²) in [5.41, 5.74) is 1.11. The minimum Gasteiger partial charge on any atom is -0.495 e. The molecule has 1 N–H and O–H groups in total. The van der Waals surface area contributed by atoms with E-state index in [4.69, 9.17) is 20.8 Å². The molecule has 0 bridgehead atoms. The molecule has 32 heavy (non-hydrogen) atoms. The number of benzene rings is 2. The number of nitrogens with zero attached hydrogens (tertiary/aromatic N) is 1. The number of furan rings is 1. The van der Waals surface area contributed by atoms with Gasteiger partial charge >= 0.3 is 0 Å². The molecule has 0 saturated heterocycles. The molecule has 1 aliphatic rings. The molecular weight excluding hydrogens is 428 g/mol. The van der Waals surface area contributed by atoms with Gasteiger partial charge in [-0.1, -0.05) is 48.7 Å². The Morgan fingerprint density at radius 3 is 2.44 bits per heavy atom. The van der Waals surface area contributed by atoms with Gasteiger partial charge in [-0.2, -0.15) is 0 Å². The molecule has 1 aromatic heterocycles. The Morgan fingerprint density at radius 2 is 1.78 bits per heavy atom. The van der Waals surface area contributed by atoms with Crippen LogP contribution in [0.1, 0.15) is 47.8 Å². The summed E-state index contributed by atoms with van der Waals surface area (Å²) < 4.78 is 10.9. The van der Waals surface area contributed by atoms with Gasteiger partial charge in [-0.15, -0.1) is 0 Å². The number of ether oxygens (including phenoxy) is 1. The van der Waals surface area contributed by atoms with Gasteiger partial charge in [0.2, 0.25) is 5.91 Å². The summed E-state index contributed by atoms with van der Waals surface area (Å²) >= 11 is 6.11. The van der Waals surface area contributed by atoms with Crippen LogP contribution in [-0.2, 0) is 4.79 Å². The predicted octanol–water partition coefficient (Wildman–Crippen LogP) is 5.39. The van der Waals surface area contributed by atoms with Crippen molar-refractivity contribution in [3.05, 3.63) is 83.3 Å². The molecular formula is C25H25ClN2O4. The summed E-state index contributed by atoms with van der Waals surface area (Å²) in [4.78, 5) is 28.8. The molecule has 0 spiro atoms. The van der Waals surface area contributed by atoms with Crippen LogP contribution in [0.5, 0.6) is 5.75 Å². The van der Waals surface area contributed by atoms with Crippen molar-refractivity contribution in [2.75, 3.05) is 12.0 Å². The van der Waals surface area contributed by atoms with E-state index in [0.717, 1.165) is 25.7 Å². The normalized spacial score (nSPS) is 14.7. The lowest BCUT2D eigenvalue weighted by Crippen LogP contribution is -2.46. The summed E-state index contributed by atoms with van der Waals surface area (Å²) in [5, 5.41) is 3.69. The van der Waals surface area contributed by atoms with E-state index < -0.39 is 11.9 Å². The van der Waals surface area contributed by atoms with Gasteiger partial charge < -0.3 is 14.5 Å². The van der Waals surface area contributed by atoms with Gasteiger partial charge in [0.25, 0.3) is 5.91 Å². The topological polar surface area (TPSA) is 71.8 Å². The first-order chi connectivity index (χ1) is 15.6. The standard InChI is InChI=1S/C25H25ClN2O4/c1-31-21-10-5-4-9-20(21)28(25(30)22-11-6-16-32-22)23(17-12-14-18(26)15-13-17)24(29)27-19-7-2-3-8-19/h4-6,9-16,19,23H,2-3,7-8H2,1H3,(H,27,29)/t23-/m0/s1. The quantitative estimate of drug-likeness (QED) is 0.521. The molecule has 0 radical (unpaired) electrons. The number of para-hydroxylation sites is 2. The van der Waals surface area contributed by atoms with Crippen LogP contribution in [0.3, 0.4) is 0 Å². The van der Waals surface area contributed by atoms with Crippen molar-refractivity contribution in [2.24, 2.45) is 0 Å². The zero-order chi connectivity index (χ0) is 22.5. The van der Waals surface area contributed by atoms with Crippen LogP contribution >= 0.6 is 11.6 Å². The van der Waals surface area contributed by atoms with Gasteiger partial charge in [-0.25, -0.2) is 0 Å². The summed E-state index contributed by atoms with van der Waals surface area (Å²) in [6.45, 7) is 0. The van der Waals surface area contributed by atoms with Crippen LogP contribution in [0.4, 0.5) is 5.69 Å². The van der Waals surface area contributed by atoms with Gasteiger partial charge in [0, 0.05) is 11.1 Å². The first kappa shape index (κ1) is 22.0. The molecule has 0 aliphatic heterocycles. The van der Waals surface area contributed by atoms with Crippen molar-refractivity contribution >= 4 is 29.1 Å². The Hall–Kier alpha value is -3.25. The highest BCUT2D eigenvalue weighted by Crippen LogP contribution is 2.36. The molecule has 3 aromatic rings. The second-order valence-corrected chi connectivity index (χ2v) is 8.20. The third kappa shape index (κ3) is 4.65. The van der Waals surface area contributed by atoms with Crippen LogP contribution in [0.15, 0.2) is 71.3 Å². The average molecular weight is 453 g/mol. The first-order valence-electron chi connectivity index (χ1n) is 10.6. The number of anilines is 1. The Balaban J connectivity index is 1.83. The van der Waals surface area contributed by atoms with E-state index in [9.17, 15) is 9.59 Å². The number of carbonyl (C=O) groups excluding carboxylic acids is 2. The SMILES string of the molecule is COc1ccccc1N(C(=O)c1ccco1)[C@H](C(=O)NC1CCCC1)c1ccc(Cl)cc1. The second kappa shape index (κ2) is 9.92. The summed E-state index contributed by atoms with van der Waals surface area (Å²) in [7, 11) is 1.53. The lowest BCUT2D eigenvalue weighted by molar-refractivity contribution is -0.123. The van der Waals surface area contributed by atoms with Crippen molar-refractivity contribution in [2.45, 2.75) is 37.8 Å². The predicted molar refractivity (Wildman–Crippen MR) is 123 cm³/mol. The summed E-state index contributed by atoms with van der Waals surface area (Å²) in [6.07, 6.45) is 5.46. The number of hydrogen-bond acceptors (Lipinski definition) is 4. The highest BCUT2D eigenvalue weighted by molar-refractivity contribution is 6.30. The molecule has 2 amide bonds. The molecule has 2 aromatic carbocycles. The van der Waals surface area contributed by atoms with Crippen molar-refractivity contribution in [1.82, 2.24) is 5.32 Å². The number of amides is 2. The van der Waals surface area contributed by atoms with E-state index in [1.807, 2.05) is 6.07 Å². The Labute approximate surface area is 192 Å². The van der Waals surface area contributed by atoms with Gasteiger partial charge in [-0.3, -0.25) is 14.5 Å². The number of rotatable bonds is 7. The lowest BCUT2D eigenvalue weighted by Gasteiger charge is -2.32. The monoisotopic (exact) mass is 452 g/mol. The molecule has 1 saturated carbocycles. The van der Waals surface area contributed by atoms with Crippen LogP contribution in [0.25, 0.3) is 0 Å². The Bertz CT molecular complexity index is 1060. The highest BCUT2D eigenvalue weighted by Gasteiger charge is 2.37. The molecule has 7 heteroatoms. The number of hydrogen-bond donors (Lipinski definition) is 1. The van der Waals surface area contributed by atoms with E-state index in [2.05, 4.69) is 5.32 Å². The molecule has 1 fully saturated rings. The van der Waals surface area contributed by atoms with E-state index in [1.54, 1.807) is 54.6 Å². The maximum absolute atomic E-state index is 13.7. The fourth-order valence-corrected chi connectivity index (χ4v) is 4.25. The van der Waals surface area contributed by atoms with Gasteiger partial charge in [0.1, 0.15) is 11.8 Å². The summed E-state index contributed by atoms with van der Waals surface area (Å²) in [6, 6.07) is 16.4. The van der Waals surface area contributed by atoms with Gasteiger partial charge in [-0.05, 0) is 54.8 Å². The number of carbonyl (C=O) groups is 2. The van der Waals surface area contributed by atoms with E-state index in [1.165, 1.54) is 18.3 Å². The molecule has 1 atom stereocenters. The molecule has 0 unspecified atom stereocenters. The molecule has 4 rings (SSSR count). The second-order valence-electron chi connectivity index (χ2n) is 7.77. The van der Waals surface area contributed by atoms with Gasteiger partial charge in [0.05, 0.1) is 19.1 Å². The third-order valence-electron chi connectivity index (χ3n) is 5.69. The van der Waals surface area contributed by atoms with Gasteiger partial charge in [0.15, 0.2) is 5.76 Å². The lowest BCUT2D eigenvalue weighted by atomic mass is 10.0. The number of halogens is 1. The maximum atomic E-state index is 13.7. The van der Waals surface area contributed by atoms with Crippen LogP contribution in [0, 0.1) is 0 Å². The average Bonchev–Trinajstić information content (AvgIpc) is 3.52. The summed E-state index contributed by atoms with van der Waals surface area (Å²) in [5.74, 6) is -0.102. The smallest absolute Gasteiger partial charge is 0.295 e. The first-order valence-corrected chi connectivity index (χ1v) is 11.0. The van der Waals surface area contributed by atoms with Crippen molar-refractivity contribution in [1.29, 1.82) is 0 Å². The Kier molecular flexibility index (Phi) is 6.81. The fraction of sp³-hybridized carbons (Fsp3) is 0.280. The highest BCUT2D eigenvalue weighted by atomic mass is 35.5. The Morgan fingerprint density at radius 1 is 1.06 bits per heavy atom. The van der Waals surface area contributed by atoms with Crippen molar-refractivity contribution in [3.63, 3.8) is 0 Å². The minimum atomic E-state index is -0.943. The zero-order valence-corrected chi connectivity index (χ0v) is 18.5. The van der Waals surface area contributed by atoms with E-state index in [0.29, 0.717) is 22.0 Å². The van der Waals surface area contributed by atoms with Crippen LogP contribution in [0.2, 0.25) is 5.02 Å². The molecule has 166 valence electrons. The minimum absolute atomic E-state index is 0.0931.